The van der Waals surface area contributed by atoms with E-state index in [9.17, 15) is 9.59 Å². The summed E-state index contributed by atoms with van der Waals surface area (Å²) in [6.45, 7) is 3.09. The van der Waals surface area contributed by atoms with Crippen molar-refractivity contribution < 1.29 is 9.59 Å². The van der Waals surface area contributed by atoms with E-state index >= 15 is 0 Å². The number of hydrogen-bond acceptors (Lipinski definition) is 5. The smallest absolute Gasteiger partial charge is 0.220 e. The van der Waals surface area contributed by atoms with Crippen molar-refractivity contribution >= 4 is 45.1 Å². The molecule has 3 rings (SSSR count). The van der Waals surface area contributed by atoms with Crippen LogP contribution in [0, 0.1) is 0 Å². The normalized spacial score (nSPS) is 15.5. The number of piperidine rings is 1. The van der Waals surface area contributed by atoms with Crippen LogP contribution in [-0.4, -0.2) is 46.6 Å². The van der Waals surface area contributed by atoms with Gasteiger partial charge >= 0.3 is 0 Å². The van der Waals surface area contributed by atoms with Gasteiger partial charge in [-0.3, -0.25) is 9.59 Å². The Morgan fingerprint density at radius 2 is 2.08 bits per heavy atom. The number of aromatic nitrogens is 1. The summed E-state index contributed by atoms with van der Waals surface area (Å²) in [5.41, 5.74) is 1.05. The van der Waals surface area contributed by atoms with Gasteiger partial charge in [0, 0.05) is 38.2 Å². The zero-order chi connectivity index (χ0) is 17.6. The van der Waals surface area contributed by atoms with Crippen molar-refractivity contribution in [3.63, 3.8) is 0 Å². The number of thioether (sulfide) groups is 1. The molecule has 2 amide bonds. The molecule has 1 aromatic carbocycles. The highest BCUT2D eigenvalue weighted by Gasteiger charge is 2.21. The molecule has 2 heterocycles. The van der Waals surface area contributed by atoms with Crippen LogP contribution in [0.5, 0.6) is 0 Å². The Bertz CT molecular complexity index is 706. The number of amides is 2. The lowest BCUT2D eigenvalue weighted by molar-refractivity contribution is -0.130. The highest BCUT2D eigenvalue weighted by atomic mass is 32.2. The second kappa shape index (κ2) is 8.67. The van der Waals surface area contributed by atoms with Gasteiger partial charge in [-0.05, 0) is 31.4 Å². The fraction of sp³-hybridized carbons (Fsp3) is 0.500. The van der Waals surface area contributed by atoms with Crippen LogP contribution in [0.1, 0.15) is 32.6 Å². The number of fused-ring (bicyclic) bond motifs is 1. The van der Waals surface area contributed by atoms with Gasteiger partial charge < -0.3 is 10.2 Å². The Morgan fingerprint density at radius 1 is 1.32 bits per heavy atom. The second-order valence-electron chi connectivity index (χ2n) is 6.25. The van der Waals surface area contributed by atoms with Crippen LogP contribution in [0.25, 0.3) is 10.2 Å². The first-order valence-corrected chi connectivity index (χ1v) is 10.5. The molecule has 1 aromatic heterocycles. The molecular weight excluding hydrogens is 354 g/mol. The number of carbonyl (C=O) groups excluding carboxylic acids is 2. The van der Waals surface area contributed by atoms with Crippen LogP contribution < -0.4 is 5.32 Å². The SMILES string of the molecule is CC(=O)N1CCC(NC(=O)CCCSc2nc3ccccc3s2)CC1. The largest absolute Gasteiger partial charge is 0.353 e. The van der Waals surface area contributed by atoms with Gasteiger partial charge in [0.1, 0.15) is 0 Å². The summed E-state index contributed by atoms with van der Waals surface area (Å²) in [5.74, 6) is 1.14. The number of thiazole rings is 1. The average molecular weight is 378 g/mol. The summed E-state index contributed by atoms with van der Waals surface area (Å²) in [7, 11) is 0. The van der Waals surface area contributed by atoms with Crippen LogP contribution in [0.15, 0.2) is 28.6 Å². The summed E-state index contributed by atoms with van der Waals surface area (Å²) < 4.78 is 2.28. The predicted molar refractivity (Wildman–Crippen MR) is 103 cm³/mol. The third kappa shape index (κ3) is 5.19. The van der Waals surface area contributed by atoms with Crippen molar-refractivity contribution in [2.45, 2.75) is 43.0 Å². The summed E-state index contributed by atoms with van der Waals surface area (Å²) in [6, 6.07) is 8.35. The van der Waals surface area contributed by atoms with Crippen molar-refractivity contribution in [3.05, 3.63) is 24.3 Å². The number of rotatable bonds is 6. The molecule has 0 aliphatic carbocycles. The van der Waals surface area contributed by atoms with Gasteiger partial charge in [0.15, 0.2) is 4.34 Å². The first-order chi connectivity index (χ1) is 12.1. The van der Waals surface area contributed by atoms with Gasteiger partial charge in [-0.25, -0.2) is 4.98 Å². The zero-order valence-electron chi connectivity index (χ0n) is 14.4. The molecule has 0 bridgehead atoms. The van der Waals surface area contributed by atoms with E-state index in [4.69, 9.17) is 0 Å². The van der Waals surface area contributed by atoms with E-state index < -0.39 is 0 Å². The summed E-state index contributed by atoms with van der Waals surface area (Å²) in [4.78, 5) is 29.8. The van der Waals surface area contributed by atoms with Gasteiger partial charge in [0.05, 0.1) is 10.2 Å². The van der Waals surface area contributed by atoms with Crippen molar-refractivity contribution in [2.75, 3.05) is 18.8 Å². The number of nitrogens with one attached hydrogen (secondary N) is 1. The maximum Gasteiger partial charge on any atom is 0.220 e. The second-order valence-corrected chi connectivity index (χ2v) is 8.62. The number of benzene rings is 1. The molecule has 0 saturated carbocycles. The molecule has 0 radical (unpaired) electrons. The summed E-state index contributed by atoms with van der Waals surface area (Å²) in [5, 5.41) is 3.10. The Labute approximate surface area is 156 Å². The molecule has 25 heavy (non-hydrogen) atoms. The van der Waals surface area contributed by atoms with E-state index in [1.54, 1.807) is 30.0 Å². The van der Waals surface area contributed by atoms with E-state index in [-0.39, 0.29) is 17.9 Å². The number of nitrogens with zero attached hydrogens (tertiary/aromatic N) is 2. The van der Waals surface area contributed by atoms with E-state index in [1.165, 1.54) is 4.70 Å². The molecule has 134 valence electrons. The maximum absolute atomic E-state index is 12.1. The molecule has 1 aliphatic heterocycles. The zero-order valence-corrected chi connectivity index (χ0v) is 16.0. The van der Waals surface area contributed by atoms with Gasteiger partial charge in [-0.1, -0.05) is 23.9 Å². The summed E-state index contributed by atoms with van der Waals surface area (Å²) in [6.07, 6.45) is 3.10. The van der Waals surface area contributed by atoms with Crippen LogP contribution in [-0.2, 0) is 9.59 Å². The van der Waals surface area contributed by atoms with Gasteiger partial charge in [0.25, 0.3) is 0 Å². The standard InChI is InChI=1S/C18H23N3O2S2/c1-13(22)21-10-8-14(9-11-21)19-17(23)7-4-12-24-18-20-15-5-2-3-6-16(15)25-18/h2-3,5-6,14H,4,7-12H2,1H3,(H,19,23). The first kappa shape index (κ1) is 18.2. The molecule has 1 N–H and O–H groups in total. The Kier molecular flexibility index (Phi) is 6.31. The van der Waals surface area contributed by atoms with Crippen molar-refractivity contribution in [1.29, 1.82) is 0 Å². The number of para-hydroxylation sites is 1. The minimum absolute atomic E-state index is 0.117. The topological polar surface area (TPSA) is 62.3 Å². The summed E-state index contributed by atoms with van der Waals surface area (Å²) >= 11 is 3.43. The van der Waals surface area contributed by atoms with E-state index in [1.807, 2.05) is 23.1 Å². The van der Waals surface area contributed by atoms with E-state index in [0.29, 0.717) is 6.42 Å². The third-order valence-electron chi connectivity index (χ3n) is 4.35. The molecule has 0 unspecified atom stereocenters. The lowest BCUT2D eigenvalue weighted by Gasteiger charge is -2.31. The molecular formula is C18H23N3O2S2. The third-order valence-corrected chi connectivity index (χ3v) is 6.62. The molecule has 0 spiro atoms. The average Bonchev–Trinajstić information content (AvgIpc) is 3.02. The van der Waals surface area contributed by atoms with Crippen molar-refractivity contribution in [2.24, 2.45) is 0 Å². The fourth-order valence-electron chi connectivity index (χ4n) is 2.94. The Morgan fingerprint density at radius 3 is 2.80 bits per heavy atom. The molecule has 0 atom stereocenters. The number of carbonyl (C=O) groups is 2. The van der Waals surface area contributed by atoms with Gasteiger partial charge in [0.2, 0.25) is 11.8 Å². The Balaban J connectivity index is 1.33. The minimum Gasteiger partial charge on any atom is -0.353 e. The molecule has 1 saturated heterocycles. The predicted octanol–water partition coefficient (Wildman–Crippen LogP) is 3.30. The number of likely N-dealkylation sites (tertiary alicyclic amines) is 1. The van der Waals surface area contributed by atoms with E-state index in [2.05, 4.69) is 16.4 Å². The van der Waals surface area contributed by atoms with Gasteiger partial charge in [-0.15, -0.1) is 11.3 Å². The first-order valence-electron chi connectivity index (χ1n) is 8.65. The lowest BCUT2D eigenvalue weighted by atomic mass is 10.0. The highest BCUT2D eigenvalue weighted by Crippen LogP contribution is 2.29. The molecule has 1 fully saturated rings. The monoisotopic (exact) mass is 377 g/mol. The molecule has 5 nitrogen and oxygen atoms in total. The lowest BCUT2D eigenvalue weighted by Crippen LogP contribution is -2.45. The fourth-order valence-corrected chi connectivity index (χ4v) is 5.02. The number of hydrogen-bond donors (Lipinski definition) is 1. The van der Waals surface area contributed by atoms with Crippen LogP contribution in [0.3, 0.4) is 0 Å². The van der Waals surface area contributed by atoms with Crippen molar-refractivity contribution in [3.8, 4) is 0 Å². The maximum atomic E-state index is 12.1. The minimum atomic E-state index is 0.117. The molecule has 1 aliphatic rings. The van der Waals surface area contributed by atoms with Crippen LogP contribution >= 0.6 is 23.1 Å². The quantitative estimate of drug-likeness (QED) is 0.620. The van der Waals surface area contributed by atoms with E-state index in [0.717, 1.165) is 48.0 Å². The van der Waals surface area contributed by atoms with Crippen LogP contribution in [0.4, 0.5) is 0 Å². The molecule has 2 aromatic rings. The Hall–Kier alpha value is -1.60. The van der Waals surface area contributed by atoms with Crippen LogP contribution in [0.2, 0.25) is 0 Å². The molecule has 7 heteroatoms. The van der Waals surface area contributed by atoms with Crippen molar-refractivity contribution in [1.82, 2.24) is 15.2 Å². The highest BCUT2D eigenvalue weighted by molar-refractivity contribution is 8.01. The van der Waals surface area contributed by atoms with Gasteiger partial charge in [-0.2, -0.15) is 0 Å².